The van der Waals surface area contributed by atoms with Crippen molar-refractivity contribution in [2.45, 2.75) is 32.4 Å². The van der Waals surface area contributed by atoms with E-state index in [2.05, 4.69) is 52.4 Å². The van der Waals surface area contributed by atoms with Gasteiger partial charge in [-0.05, 0) is 43.8 Å². The third-order valence-electron chi connectivity index (χ3n) is 4.05. The van der Waals surface area contributed by atoms with Gasteiger partial charge < -0.3 is 10.6 Å². The van der Waals surface area contributed by atoms with Crippen molar-refractivity contribution in [3.8, 4) is 0 Å². The third-order valence-corrected chi connectivity index (χ3v) is 4.88. The number of benzene rings is 1. The number of hydrogen-bond donors (Lipinski definition) is 2. The minimum absolute atomic E-state index is 0.00122. The summed E-state index contributed by atoms with van der Waals surface area (Å²) in [7, 11) is 0. The van der Waals surface area contributed by atoms with E-state index in [0.717, 1.165) is 24.9 Å². The topological polar surface area (TPSA) is 44.1 Å². The number of rotatable bonds is 5. The first-order chi connectivity index (χ1) is 10.2. The summed E-state index contributed by atoms with van der Waals surface area (Å²) < 4.78 is 2.22. The molecule has 0 saturated carbocycles. The first kappa shape index (κ1) is 14.5. The van der Waals surface area contributed by atoms with Gasteiger partial charge in [0, 0.05) is 18.4 Å². The summed E-state index contributed by atoms with van der Waals surface area (Å²) in [6.45, 7) is 3.68. The first-order valence-corrected chi connectivity index (χ1v) is 8.54. The minimum Gasteiger partial charge on any atom is -0.351 e. The van der Waals surface area contributed by atoms with Crippen LogP contribution in [0.25, 0.3) is 5.70 Å². The van der Waals surface area contributed by atoms with Crippen molar-refractivity contribution in [3.63, 3.8) is 0 Å². The summed E-state index contributed by atoms with van der Waals surface area (Å²) in [5, 5.41) is 6.22. The highest BCUT2D eigenvalue weighted by Gasteiger charge is 2.29. The molecule has 3 rings (SSSR count). The van der Waals surface area contributed by atoms with Crippen molar-refractivity contribution < 1.29 is 4.79 Å². The van der Waals surface area contributed by atoms with Crippen LogP contribution in [0.2, 0.25) is 0 Å². The summed E-state index contributed by atoms with van der Waals surface area (Å²) in [4.78, 5) is 11.9. The highest BCUT2D eigenvalue weighted by atomic mass is 32.2. The van der Waals surface area contributed by atoms with Crippen LogP contribution in [0.5, 0.6) is 0 Å². The van der Waals surface area contributed by atoms with Gasteiger partial charge in [0.2, 0.25) is 5.91 Å². The molecule has 1 atom stereocenters. The number of allylic oxidation sites excluding steroid dienone is 1. The van der Waals surface area contributed by atoms with Crippen molar-refractivity contribution in [1.29, 1.82) is 0 Å². The summed E-state index contributed by atoms with van der Waals surface area (Å²) in [6, 6.07) is 8.44. The predicted molar refractivity (Wildman–Crippen MR) is 87.3 cm³/mol. The molecule has 0 spiro atoms. The van der Waals surface area contributed by atoms with Crippen LogP contribution in [0.4, 0.5) is 0 Å². The molecule has 0 aromatic heterocycles. The number of carbonyl (C=O) groups is 1. The zero-order chi connectivity index (χ0) is 14.8. The lowest BCUT2D eigenvalue weighted by atomic mass is 10.1. The molecule has 1 amide bonds. The zero-order valence-corrected chi connectivity index (χ0v) is 13.3. The van der Waals surface area contributed by atoms with E-state index in [9.17, 15) is 4.79 Å². The van der Waals surface area contributed by atoms with Gasteiger partial charge in [-0.25, -0.2) is 0 Å². The van der Waals surface area contributed by atoms with Crippen LogP contribution in [0.1, 0.15) is 30.9 Å². The Morgan fingerprint density at radius 1 is 1.43 bits per heavy atom. The van der Waals surface area contributed by atoms with Gasteiger partial charge in [-0.3, -0.25) is 9.10 Å². The molecule has 1 saturated heterocycles. The number of amides is 1. The van der Waals surface area contributed by atoms with Gasteiger partial charge in [0.1, 0.15) is 0 Å². The maximum Gasteiger partial charge on any atom is 0.237 e. The second-order valence-corrected chi connectivity index (χ2v) is 6.20. The fourth-order valence-corrected chi connectivity index (χ4v) is 3.52. The first-order valence-electron chi connectivity index (χ1n) is 7.36. The maximum absolute atomic E-state index is 11.9. The van der Waals surface area contributed by atoms with Crippen LogP contribution in [0, 0.1) is 0 Å². The van der Waals surface area contributed by atoms with Crippen molar-refractivity contribution >= 4 is 23.6 Å². The van der Waals surface area contributed by atoms with E-state index in [1.165, 1.54) is 17.0 Å². The molecule has 4 nitrogen and oxygen atoms in total. The van der Waals surface area contributed by atoms with Crippen molar-refractivity contribution in [1.82, 2.24) is 14.9 Å². The van der Waals surface area contributed by atoms with Gasteiger partial charge >= 0.3 is 0 Å². The summed E-state index contributed by atoms with van der Waals surface area (Å²) in [6.07, 6.45) is 4.12. The lowest BCUT2D eigenvalue weighted by Crippen LogP contribution is -2.39. The monoisotopic (exact) mass is 303 g/mol. The van der Waals surface area contributed by atoms with Crippen LogP contribution in [-0.2, 0) is 11.3 Å². The second-order valence-electron chi connectivity index (χ2n) is 5.47. The Bertz CT molecular complexity index is 561. The second kappa shape index (κ2) is 6.12. The van der Waals surface area contributed by atoms with Gasteiger partial charge in [0.05, 0.1) is 17.4 Å². The van der Waals surface area contributed by atoms with Crippen molar-refractivity contribution in [2.75, 3.05) is 12.8 Å². The van der Waals surface area contributed by atoms with Crippen molar-refractivity contribution in [2.24, 2.45) is 0 Å². The number of carbonyl (C=O) groups excluding carboxylic acids is 1. The predicted octanol–water partition coefficient (Wildman–Crippen LogP) is 2.34. The lowest BCUT2D eigenvalue weighted by Gasteiger charge is -2.11. The molecular weight excluding hydrogens is 282 g/mol. The molecule has 112 valence electrons. The Labute approximate surface area is 130 Å². The van der Waals surface area contributed by atoms with E-state index in [1.54, 1.807) is 11.9 Å². The van der Waals surface area contributed by atoms with Gasteiger partial charge in [0.25, 0.3) is 0 Å². The van der Waals surface area contributed by atoms with Gasteiger partial charge in [0.15, 0.2) is 0 Å². The van der Waals surface area contributed by atoms with Crippen LogP contribution in [-0.4, -0.2) is 29.1 Å². The van der Waals surface area contributed by atoms with E-state index < -0.39 is 0 Å². The fraction of sp³-hybridized carbons (Fsp3) is 0.438. The molecule has 1 fully saturated rings. The molecule has 2 aliphatic heterocycles. The molecule has 1 aromatic carbocycles. The van der Waals surface area contributed by atoms with Gasteiger partial charge in [-0.2, -0.15) is 0 Å². The molecule has 2 N–H and O–H groups in total. The maximum atomic E-state index is 11.9. The van der Waals surface area contributed by atoms with E-state index in [1.807, 2.05) is 0 Å². The van der Waals surface area contributed by atoms with Gasteiger partial charge in [-0.1, -0.05) is 24.3 Å². The molecule has 0 aliphatic carbocycles. The Morgan fingerprint density at radius 3 is 2.76 bits per heavy atom. The smallest absolute Gasteiger partial charge is 0.237 e. The van der Waals surface area contributed by atoms with Gasteiger partial charge in [-0.15, -0.1) is 0 Å². The molecule has 2 heterocycles. The number of nitrogens with one attached hydrogen (secondary N) is 2. The molecule has 0 bridgehead atoms. The Balaban J connectivity index is 1.54. The zero-order valence-electron chi connectivity index (χ0n) is 12.5. The molecule has 1 unspecified atom stereocenters. The Hall–Kier alpha value is -1.46. The quantitative estimate of drug-likeness (QED) is 0.820. The SMILES string of the molecule is CSN1C(C)=C1c1ccc(CNC(=O)C2CCCN2)cc1. The average molecular weight is 303 g/mol. The highest BCUT2D eigenvalue weighted by Crippen LogP contribution is 2.44. The van der Waals surface area contributed by atoms with E-state index in [0.29, 0.717) is 6.54 Å². The molecule has 1 aromatic rings. The van der Waals surface area contributed by atoms with E-state index in [-0.39, 0.29) is 11.9 Å². The van der Waals surface area contributed by atoms with Crippen LogP contribution >= 0.6 is 11.9 Å². The summed E-state index contributed by atoms with van der Waals surface area (Å²) in [5.74, 6) is 0.117. The third kappa shape index (κ3) is 3.09. The standard InChI is InChI=1S/C16H21N3OS/c1-11-15(19(11)21-2)13-7-5-12(6-8-13)10-18-16(20)14-4-3-9-17-14/h5-8,14,17H,3-4,9-10H2,1-2H3,(H,18,20). The molecular formula is C16H21N3OS. The van der Waals surface area contributed by atoms with Crippen LogP contribution < -0.4 is 10.6 Å². The lowest BCUT2D eigenvalue weighted by molar-refractivity contribution is -0.122. The average Bonchev–Trinajstić information content (AvgIpc) is 2.92. The number of nitrogens with zero attached hydrogens (tertiary/aromatic N) is 1. The summed E-state index contributed by atoms with van der Waals surface area (Å²) in [5.41, 5.74) is 5.03. The van der Waals surface area contributed by atoms with Crippen molar-refractivity contribution in [3.05, 3.63) is 41.1 Å². The van der Waals surface area contributed by atoms with E-state index >= 15 is 0 Å². The number of hydrogen-bond acceptors (Lipinski definition) is 4. The summed E-state index contributed by atoms with van der Waals surface area (Å²) >= 11 is 1.73. The normalized spacial score (nSPS) is 20.9. The Morgan fingerprint density at radius 2 is 2.19 bits per heavy atom. The van der Waals surface area contributed by atoms with Crippen LogP contribution in [0.3, 0.4) is 0 Å². The molecule has 5 heteroatoms. The Kier molecular flexibility index (Phi) is 4.22. The molecule has 2 aliphatic rings. The minimum atomic E-state index is -0.00122. The van der Waals surface area contributed by atoms with E-state index in [4.69, 9.17) is 0 Å². The van der Waals surface area contributed by atoms with Crippen LogP contribution in [0.15, 0.2) is 30.0 Å². The fourth-order valence-electron chi connectivity index (χ4n) is 2.78. The largest absolute Gasteiger partial charge is 0.351 e. The molecule has 21 heavy (non-hydrogen) atoms. The highest BCUT2D eigenvalue weighted by molar-refractivity contribution is 7.97. The molecule has 0 radical (unpaired) electrons.